The third-order valence-corrected chi connectivity index (χ3v) is 2.56. The van der Waals surface area contributed by atoms with Gasteiger partial charge in [-0.15, -0.1) is 0 Å². The summed E-state index contributed by atoms with van der Waals surface area (Å²) in [7, 11) is 0. The Morgan fingerprint density at radius 3 is 2.60 bits per heavy atom. The fourth-order valence-corrected chi connectivity index (χ4v) is 1.67. The van der Waals surface area contributed by atoms with Crippen LogP contribution in [0.2, 0.25) is 0 Å². The third-order valence-electron chi connectivity index (χ3n) is 1.87. The zero-order valence-electron chi connectivity index (χ0n) is 8.30. The molecule has 1 aromatic carbocycles. The van der Waals surface area contributed by atoms with E-state index in [4.69, 9.17) is 10.5 Å². The molecule has 0 saturated carbocycles. The van der Waals surface area contributed by atoms with Crippen LogP contribution in [-0.4, -0.2) is 9.36 Å². The number of aromatic nitrogens is 2. The van der Waals surface area contributed by atoms with Crippen LogP contribution in [0.25, 0.3) is 0 Å². The highest BCUT2D eigenvalue weighted by atomic mass is 32.1. The lowest BCUT2D eigenvalue weighted by atomic mass is 10.2. The van der Waals surface area contributed by atoms with Gasteiger partial charge in [0.2, 0.25) is 0 Å². The fraction of sp³-hybridized carbons (Fsp3) is 0.200. The molecule has 0 unspecified atom stereocenters. The van der Waals surface area contributed by atoms with Crippen LogP contribution in [0, 0.1) is 6.92 Å². The van der Waals surface area contributed by atoms with Gasteiger partial charge in [-0.1, -0.05) is 12.1 Å². The normalized spacial score (nSPS) is 10.3. The molecule has 78 valence electrons. The molecule has 0 aliphatic carbocycles. The van der Waals surface area contributed by atoms with E-state index < -0.39 is 0 Å². The number of aryl methyl sites for hydroxylation is 1. The van der Waals surface area contributed by atoms with Crippen LogP contribution < -0.4 is 10.5 Å². The Balaban J connectivity index is 2.11. The van der Waals surface area contributed by atoms with Gasteiger partial charge in [0.15, 0.2) is 0 Å². The van der Waals surface area contributed by atoms with Gasteiger partial charge < -0.3 is 10.5 Å². The van der Waals surface area contributed by atoms with Crippen molar-refractivity contribution in [2.75, 3.05) is 0 Å². The first-order valence-electron chi connectivity index (χ1n) is 4.55. The summed E-state index contributed by atoms with van der Waals surface area (Å²) in [6, 6.07) is 7.62. The summed E-state index contributed by atoms with van der Waals surface area (Å²) in [5.41, 5.74) is 6.57. The van der Waals surface area contributed by atoms with Gasteiger partial charge in [-0.2, -0.15) is 9.36 Å². The van der Waals surface area contributed by atoms with E-state index >= 15 is 0 Å². The minimum Gasteiger partial charge on any atom is -0.430 e. The summed E-state index contributed by atoms with van der Waals surface area (Å²) in [4.78, 5) is 4.11. The molecule has 0 spiro atoms. The molecule has 2 N–H and O–H groups in total. The van der Waals surface area contributed by atoms with Crippen molar-refractivity contribution in [2.24, 2.45) is 5.73 Å². The van der Waals surface area contributed by atoms with Gasteiger partial charge in [-0.05, 0) is 24.6 Å². The number of benzene rings is 1. The molecule has 0 amide bonds. The fourth-order valence-electron chi connectivity index (χ4n) is 1.11. The molecular formula is C10H11N3OS. The first kappa shape index (κ1) is 10.1. The van der Waals surface area contributed by atoms with Crippen LogP contribution >= 0.6 is 11.5 Å². The van der Waals surface area contributed by atoms with Crippen molar-refractivity contribution in [1.29, 1.82) is 0 Å². The van der Waals surface area contributed by atoms with Crippen molar-refractivity contribution in [2.45, 2.75) is 13.5 Å². The van der Waals surface area contributed by atoms with Crippen LogP contribution in [0.15, 0.2) is 24.3 Å². The van der Waals surface area contributed by atoms with Crippen LogP contribution in [0.1, 0.15) is 11.4 Å². The first-order valence-corrected chi connectivity index (χ1v) is 5.32. The predicted octanol–water partition coefficient (Wildman–Crippen LogP) is 2.10. The van der Waals surface area contributed by atoms with Gasteiger partial charge in [0, 0.05) is 18.1 Å². The van der Waals surface area contributed by atoms with Gasteiger partial charge in [-0.25, -0.2) is 0 Å². The van der Waals surface area contributed by atoms with Crippen LogP contribution in [0.3, 0.4) is 0 Å². The van der Waals surface area contributed by atoms with E-state index in [9.17, 15) is 0 Å². The van der Waals surface area contributed by atoms with Gasteiger partial charge in [0.05, 0.1) is 0 Å². The van der Waals surface area contributed by atoms with Crippen LogP contribution in [-0.2, 0) is 6.54 Å². The number of rotatable bonds is 3. The van der Waals surface area contributed by atoms with Crippen molar-refractivity contribution in [3.8, 4) is 10.9 Å². The SMILES string of the molecule is Cc1nsc(Oc2ccc(CN)cc2)n1. The quantitative estimate of drug-likeness (QED) is 0.862. The zero-order valence-corrected chi connectivity index (χ0v) is 9.12. The molecule has 0 atom stereocenters. The number of nitrogens with zero attached hydrogens (tertiary/aromatic N) is 2. The van der Waals surface area contributed by atoms with Crippen molar-refractivity contribution in [3.05, 3.63) is 35.7 Å². The minimum atomic E-state index is 0.540. The second kappa shape index (κ2) is 4.37. The van der Waals surface area contributed by atoms with Crippen molar-refractivity contribution < 1.29 is 4.74 Å². The lowest BCUT2D eigenvalue weighted by molar-refractivity contribution is 0.477. The predicted molar refractivity (Wildman–Crippen MR) is 59.1 cm³/mol. The summed E-state index contributed by atoms with van der Waals surface area (Å²) in [6.45, 7) is 2.37. The maximum atomic E-state index is 5.50. The first-order chi connectivity index (χ1) is 7.28. The van der Waals surface area contributed by atoms with E-state index in [0.717, 1.165) is 17.1 Å². The molecule has 0 saturated heterocycles. The molecule has 0 radical (unpaired) electrons. The average Bonchev–Trinajstić information content (AvgIpc) is 2.65. The summed E-state index contributed by atoms with van der Waals surface area (Å²) in [6.07, 6.45) is 0. The number of ether oxygens (including phenoxy) is 1. The highest BCUT2D eigenvalue weighted by Crippen LogP contribution is 2.22. The lowest BCUT2D eigenvalue weighted by Gasteiger charge is -2.01. The number of hydrogen-bond donors (Lipinski definition) is 1. The molecule has 2 rings (SSSR count). The molecule has 0 fully saturated rings. The van der Waals surface area contributed by atoms with Crippen molar-refractivity contribution in [1.82, 2.24) is 9.36 Å². The maximum absolute atomic E-state index is 5.50. The minimum absolute atomic E-state index is 0.540. The van der Waals surface area contributed by atoms with E-state index in [1.54, 1.807) is 0 Å². The molecule has 2 aromatic rings. The average molecular weight is 221 g/mol. The lowest BCUT2D eigenvalue weighted by Crippen LogP contribution is -1.95. The van der Waals surface area contributed by atoms with Gasteiger partial charge >= 0.3 is 0 Å². The largest absolute Gasteiger partial charge is 0.430 e. The zero-order chi connectivity index (χ0) is 10.7. The third kappa shape index (κ3) is 2.51. The number of nitrogens with two attached hydrogens (primary N) is 1. The van der Waals surface area contributed by atoms with Gasteiger partial charge in [-0.3, -0.25) is 0 Å². The molecule has 1 aromatic heterocycles. The monoisotopic (exact) mass is 221 g/mol. The van der Waals surface area contributed by atoms with E-state index in [1.165, 1.54) is 11.5 Å². The molecule has 5 heteroatoms. The van der Waals surface area contributed by atoms with E-state index in [2.05, 4.69) is 9.36 Å². The topological polar surface area (TPSA) is 61.0 Å². The summed E-state index contributed by atoms with van der Waals surface area (Å²) < 4.78 is 9.53. The molecule has 1 heterocycles. The Bertz CT molecular complexity index is 438. The second-order valence-electron chi connectivity index (χ2n) is 3.06. The molecular weight excluding hydrogens is 210 g/mol. The Morgan fingerprint density at radius 2 is 2.07 bits per heavy atom. The Hall–Kier alpha value is -1.46. The standard InChI is InChI=1S/C10H11N3OS/c1-7-12-10(15-13-7)14-9-4-2-8(6-11)3-5-9/h2-5H,6,11H2,1H3. The van der Waals surface area contributed by atoms with Gasteiger partial charge in [0.1, 0.15) is 11.6 Å². The van der Waals surface area contributed by atoms with Crippen LogP contribution in [0.4, 0.5) is 0 Å². The molecule has 0 bridgehead atoms. The van der Waals surface area contributed by atoms with E-state index in [1.807, 2.05) is 31.2 Å². The Kier molecular flexibility index (Phi) is 2.94. The van der Waals surface area contributed by atoms with Crippen molar-refractivity contribution in [3.63, 3.8) is 0 Å². The van der Waals surface area contributed by atoms with Crippen LogP contribution in [0.5, 0.6) is 10.9 Å². The number of hydrogen-bond acceptors (Lipinski definition) is 5. The highest BCUT2D eigenvalue weighted by molar-refractivity contribution is 7.07. The second-order valence-corrected chi connectivity index (χ2v) is 3.77. The smallest absolute Gasteiger partial charge is 0.298 e. The molecule has 15 heavy (non-hydrogen) atoms. The molecule has 4 nitrogen and oxygen atoms in total. The summed E-state index contributed by atoms with van der Waals surface area (Å²) in [5.74, 6) is 1.48. The van der Waals surface area contributed by atoms with Crippen molar-refractivity contribution >= 4 is 11.5 Å². The maximum Gasteiger partial charge on any atom is 0.298 e. The van der Waals surface area contributed by atoms with Gasteiger partial charge in [0.25, 0.3) is 5.19 Å². The highest BCUT2D eigenvalue weighted by Gasteiger charge is 2.02. The molecule has 0 aliphatic rings. The summed E-state index contributed by atoms with van der Waals surface area (Å²) in [5, 5.41) is 0.563. The Morgan fingerprint density at radius 1 is 1.33 bits per heavy atom. The molecule has 0 aliphatic heterocycles. The van der Waals surface area contributed by atoms with E-state index in [-0.39, 0.29) is 0 Å². The Labute approximate surface area is 91.9 Å². The summed E-state index contributed by atoms with van der Waals surface area (Å²) >= 11 is 1.25. The van der Waals surface area contributed by atoms with E-state index in [0.29, 0.717) is 11.7 Å².